The Hall–Kier alpha value is -2.16. The predicted molar refractivity (Wildman–Crippen MR) is 72.7 cm³/mol. The molecular weight excluding hydrogens is 224 g/mol. The van der Waals surface area contributed by atoms with Gasteiger partial charge in [-0.3, -0.25) is 9.78 Å². The van der Waals surface area contributed by atoms with Gasteiger partial charge in [-0.15, -0.1) is 0 Å². The number of para-hydroxylation sites is 1. The lowest BCUT2D eigenvalue weighted by atomic mass is 10.1. The van der Waals surface area contributed by atoms with Crippen LogP contribution >= 0.6 is 0 Å². The highest BCUT2D eigenvalue weighted by Crippen LogP contribution is 2.12. The number of nitrogens with one attached hydrogen (secondary N) is 1. The van der Waals surface area contributed by atoms with Gasteiger partial charge >= 0.3 is 0 Å². The van der Waals surface area contributed by atoms with Crippen LogP contribution in [-0.4, -0.2) is 10.9 Å². The Kier molecular flexibility index (Phi) is 3.72. The molecule has 0 unspecified atom stereocenters. The van der Waals surface area contributed by atoms with E-state index in [1.165, 1.54) is 0 Å². The Morgan fingerprint density at radius 3 is 2.39 bits per heavy atom. The fourth-order valence-corrected chi connectivity index (χ4v) is 1.61. The molecule has 0 aliphatic carbocycles. The maximum absolute atomic E-state index is 11.9. The minimum absolute atomic E-state index is 0.135. The second-order valence-corrected chi connectivity index (χ2v) is 4.45. The average Bonchev–Trinajstić information content (AvgIpc) is 2.40. The topological polar surface area (TPSA) is 42.0 Å². The summed E-state index contributed by atoms with van der Waals surface area (Å²) in [5.41, 5.74) is 2.35. The smallest absolute Gasteiger partial charge is 0.257 e. The number of carbonyl (C=O) groups is 1. The van der Waals surface area contributed by atoms with Gasteiger partial charge in [0.1, 0.15) is 0 Å². The monoisotopic (exact) mass is 240 g/mol. The Morgan fingerprint density at radius 2 is 1.83 bits per heavy atom. The average molecular weight is 240 g/mol. The molecule has 1 heterocycles. The van der Waals surface area contributed by atoms with E-state index in [1.54, 1.807) is 12.3 Å². The molecule has 92 valence electrons. The normalized spacial score (nSPS) is 10.4. The Morgan fingerprint density at radius 1 is 1.11 bits per heavy atom. The molecule has 0 bridgehead atoms. The lowest BCUT2D eigenvalue weighted by Gasteiger charge is -2.07. The lowest BCUT2D eigenvalue weighted by molar-refractivity contribution is 0.102. The SMILES string of the molecule is CC(C)c1ccc(C(=O)Nc2ccccc2)cn1. The Balaban J connectivity index is 2.10. The predicted octanol–water partition coefficient (Wildman–Crippen LogP) is 3.46. The van der Waals surface area contributed by atoms with Gasteiger partial charge in [0.25, 0.3) is 5.91 Å². The number of hydrogen-bond acceptors (Lipinski definition) is 2. The van der Waals surface area contributed by atoms with Crippen LogP contribution in [0.4, 0.5) is 5.69 Å². The minimum atomic E-state index is -0.135. The van der Waals surface area contributed by atoms with Gasteiger partial charge in [0.15, 0.2) is 0 Å². The quantitative estimate of drug-likeness (QED) is 0.892. The molecular formula is C15H16N2O. The number of nitrogens with zero attached hydrogens (tertiary/aromatic N) is 1. The van der Waals surface area contributed by atoms with Crippen LogP contribution in [0.1, 0.15) is 35.8 Å². The summed E-state index contributed by atoms with van der Waals surface area (Å²) in [4.78, 5) is 16.2. The molecule has 0 spiro atoms. The zero-order valence-corrected chi connectivity index (χ0v) is 10.6. The van der Waals surface area contributed by atoms with E-state index in [2.05, 4.69) is 24.1 Å². The number of benzene rings is 1. The second kappa shape index (κ2) is 5.45. The van der Waals surface area contributed by atoms with Crippen molar-refractivity contribution in [3.8, 4) is 0 Å². The van der Waals surface area contributed by atoms with Crippen molar-refractivity contribution in [1.29, 1.82) is 0 Å². The molecule has 0 radical (unpaired) electrons. The Labute approximate surface area is 107 Å². The summed E-state index contributed by atoms with van der Waals surface area (Å²) < 4.78 is 0. The van der Waals surface area contributed by atoms with Crippen LogP contribution in [0, 0.1) is 0 Å². The lowest BCUT2D eigenvalue weighted by Crippen LogP contribution is -2.12. The van der Waals surface area contributed by atoms with Crippen LogP contribution in [0.25, 0.3) is 0 Å². The van der Waals surface area contributed by atoms with Gasteiger partial charge in [-0.25, -0.2) is 0 Å². The second-order valence-electron chi connectivity index (χ2n) is 4.45. The maximum atomic E-state index is 11.9. The molecule has 2 aromatic rings. The van der Waals surface area contributed by atoms with Gasteiger partial charge in [0.05, 0.1) is 5.56 Å². The summed E-state index contributed by atoms with van der Waals surface area (Å²) in [5, 5.41) is 2.83. The molecule has 1 N–H and O–H groups in total. The molecule has 0 fully saturated rings. The van der Waals surface area contributed by atoms with Crippen LogP contribution in [0.3, 0.4) is 0 Å². The number of hydrogen-bond donors (Lipinski definition) is 1. The van der Waals surface area contributed by atoms with Crippen molar-refractivity contribution in [3.63, 3.8) is 0 Å². The molecule has 18 heavy (non-hydrogen) atoms. The minimum Gasteiger partial charge on any atom is -0.322 e. The van der Waals surface area contributed by atoms with Crippen molar-refractivity contribution in [2.75, 3.05) is 5.32 Å². The van der Waals surface area contributed by atoms with Crippen LogP contribution in [0.2, 0.25) is 0 Å². The fraction of sp³-hybridized carbons (Fsp3) is 0.200. The number of pyridine rings is 1. The maximum Gasteiger partial charge on any atom is 0.257 e. The van der Waals surface area contributed by atoms with Crippen molar-refractivity contribution in [1.82, 2.24) is 4.98 Å². The van der Waals surface area contributed by atoms with E-state index < -0.39 is 0 Å². The van der Waals surface area contributed by atoms with Crippen molar-refractivity contribution in [2.24, 2.45) is 0 Å². The summed E-state index contributed by atoms with van der Waals surface area (Å²) in [6.45, 7) is 4.15. The van der Waals surface area contributed by atoms with Gasteiger partial charge < -0.3 is 5.32 Å². The molecule has 3 heteroatoms. The van der Waals surface area contributed by atoms with Crippen molar-refractivity contribution < 1.29 is 4.79 Å². The third-order valence-corrected chi connectivity index (χ3v) is 2.67. The van der Waals surface area contributed by atoms with Gasteiger partial charge in [-0.1, -0.05) is 32.0 Å². The largest absolute Gasteiger partial charge is 0.322 e. The van der Waals surface area contributed by atoms with Crippen molar-refractivity contribution in [2.45, 2.75) is 19.8 Å². The summed E-state index contributed by atoms with van der Waals surface area (Å²) in [7, 11) is 0. The third-order valence-electron chi connectivity index (χ3n) is 2.67. The number of anilines is 1. The number of aromatic nitrogens is 1. The summed E-state index contributed by atoms with van der Waals surface area (Å²) in [5.74, 6) is 0.236. The van der Waals surface area contributed by atoms with Gasteiger partial charge in [0, 0.05) is 17.6 Å². The van der Waals surface area contributed by atoms with Gasteiger partial charge in [-0.2, -0.15) is 0 Å². The fourth-order valence-electron chi connectivity index (χ4n) is 1.61. The van der Waals surface area contributed by atoms with Crippen molar-refractivity contribution >= 4 is 11.6 Å². The van der Waals surface area contributed by atoms with Crippen LogP contribution < -0.4 is 5.32 Å². The van der Waals surface area contributed by atoms with E-state index in [0.29, 0.717) is 11.5 Å². The molecule has 0 atom stereocenters. The first-order chi connectivity index (χ1) is 8.66. The summed E-state index contributed by atoms with van der Waals surface area (Å²) >= 11 is 0. The van der Waals surface area contributed by atoms with Crippen LogP contribution in [0.5, 0.6) is 0 Å². The first-order valence-corrected chi connectivity index (χ1v) is 5.99. The molecule has 0 aliphatic rings. The van der Waals surface area contributed by atoms with E-state index in [4.69, 9.17) is 0 Å². The third kappa shape index (κ3) is 2.94. The van der Waals surface area contributed by atoms with E-state index in [0.717, 1.165) is 11.4 Å². The molecule has 2 rings (SSSR count). The molecule has 0 saturated heterocycles. The van der Waals surface area contributed by atoms with E-state index >= 15 is 0 Å². The Bertz CT molecular complexity index is 518. The highest BCUT2D eigenvalue weighted by Gasteiger charge is 2.07. The zero-order valence-electron chi connectivity index (χ0n) is 10.6. The van der Waals surface area contributed by atoms with Gasteiger partial charge in [-0.05, 0) is 30.2 Å². The number of rotatable bonds is 3. The zero-order chi connectivity index (χ0) is 13.0. The van der Waals surface area contributed by atoms with E-state index in [9.17, 15) is 4.79 Å². The van der Waals surface area contributed by atoms with E-state index in [-0.39, 0.29) is 5.91 Å². The van der Waals surface area contributed by atoms with Crippen molar-refractivity contribution in [3.05, 3.63) is 59.9 Å². The standard InChI is InChI=1S/C15H16N2O/c1-11(2)14-9-8-12(10-16-14)15(18)17-13-6-4-3-5-7-13/h3-11H,1-2H3,(H,17,18). The van der Waals surface area contributed by atoms with Gasteiger partial charge in [0.2, 0.25) is 0 Å². The highest BCUT2D eigenvalue weighted by molar-refractivity contribution is 6.04. The summed E-state index contributed by atoms with van der Waals surface area (Å²) in [6.07, 6.45) is 1.62. The first kappa shape index (κ1) is 12.3. The first-order valence-electron chi connectivity index (χ1n) is 5.99. The summed E-state index contributed by atoms with van der Waals surface area (Å²) in [6, 6.07) is 13.1. The number of amides is 1. The molecule has 1 aromatic heterocycles. The molecule has 1 amide bonds. The number of carbonyl (C=O) groups excluding carboxylic acids is 1. The molecule has 0 aliphatic heterocycles. The van der Waals surface area contributed by atoms with E-state index in [1.807, 2.05) is 36.4 Å². The van der Waals surface area contributed by atoms with Crippen LogP contribution in [0.15, 0.2) is 48.7 Å². The highest BCUT2D eigenvalue weighted by atomic mass is 16.1. The van der Waals surface area contributed by atoms with Crippen LogP contribution in [-0.2, 0) is 0 Å². The molecule has 0 saturated carbocycles. The molecule has 3 nitrogen and oxygen atoms in total. The molecule has 1 aromatic carbocycles.